The van der Waals surface area contributed by atoms with Crippen LogP contribution in [0.4, 0.5) is 0 Å². The fourth-order valence-electron chi connectivity index (χ4n) is 2.09. The lowest BCUT2D eigenvalue weighted by Crippen LogP contribution is -2.04. The summed E-state index contributed by atoms with van der Waals surface area (Å²) in [6, 6.07) is 9.44. The van der Waals surface area contributed by atoms with Gasteiger partial charge in [0.25, 0.3) is 0 Å². The second kappa shape index (κ2) is 8.57. The maximum atomic E-state index is 12.4. The Balaban J connectivity index is 2.62. The fourth-order valence-corrected chi connectivity index (χ4v) is 4.85. The van der Waals surface area contributed by atoms with Crippen LogP contribution < -0.4 is 0 Å². The second-order valence-electron chi connectivity index (χ2n) is 5.14. The van der Waals surface area contributed by atoms with Gasteiger partial charge in [-0.3, -0.25) is 0 Å². The monoisotopic (exact) mass is 379 g/mol. The summed E-state index contributed by atoms with van der Waals surface area (Å²) in [5, 5.41) is 10.7. The first-order valence-corrected chi connectivity index (χ1v) is 9.75. The molecule has 0 spiro atoms. The maximum Gasteiger partial charge on any atom is 0.349 e. The van der Waals surface area contributed by atoms with Gasteiger partial charge in [-0.15, -0.1) is 23.1 Å². The molecule has 0 aliphatic heterocycles. The van der Waals surface area contributed by atoms with E-state index in [4.69, 9.17) is 16.3 Å². The van der Waals surface area contributed by atoms with Crippen LogP contribution in [-0.2, 0) is 4.74 Å². The Labute approximate surface area is 155 Å². The molecule has 0 saturated heterocycles. The fraction of sp³-hybridized carbons (Fsp3) is 0.333. The van der Waals surface area contributed by atoms with Gasteiger partial charge in [-0.2, -0.15) is 5.26 Å². The Kier molecular flexibility index (Phi) is 6.73. The van der Waals surface area contributed by atoms with Crippen molar-refractivity contribution in [2.75, 3.05) is 6.61 Å². The topological polar surface area (TPSA) is 50.1 Å². The molecule has 2 rings (SSSR count). The molecule has 0 bridgehead atoms. The van der Waals surface area contributed by atoms with Gasteiger partial charge >= 0.3 is 5.97 Å². The van der Waals surface area contributed by atoms with Crippen LogP contribution in [0.3, 0.4) is 0 Å². The van der Waals surface area contributed by atoms with E-state index in [0.717, 1.165) is 16.2 Å². The molecular formula is C18H18ClNO2S2. The standard InChI is InChI=1S/C18H18ClNO2S2/c1-4-11(3)23-18-14(10-20)15(12-6-8-13(19)9-7-12)16(24-18)17(21)22-5-2/h6-9,11H,4-5H2,1-3H3/t11-/m0/s1. The summed E-state index contributed by atoms with van der Waals surface area (Å²) in [6.07, 6.45) is 0.985. The van der Waals surface area contributed by atoms with Gasteiger partial charge in [0.05, 0.1) is 16.4 Å². The number of carbonyl (C=O) groups is 1. The van der Waals surface area contributed by atoms with Crippen LogP contribution in [0.5, 0.6) is 0 Å². The highest BCUT2D eigenvalue weighted by Crippen LogP contribution is 2.43. The van der Waals surface area contributed by atoms with Crippen molar-refractivity contribution < 1.29 is 9.53 Å². The number of nitrogens with zero attached hydrogens (tertiary/aromatic N) is 1. The van der Waals surface area contributed by atoms with E-state index in [1.807, 2.05) is 12.1 Å². The molecule has 0 N–H and O–H groups in total. The number of thioether (sulfide) groups is 1. The first-order valence-electron chi connectivity index (χ1n) is 7.68. The number of carbonyl (C=O) groups excluding carboxylic acids is 1. The number of halogens is 1. The van der Waals surface area contributed by atoms with E-state index in [1.54, 1.807) is 30.8 Å². The molecule has 1 atom stereocenters. The van der Waals surface area contributed by atoms with Gasteiger partial charge in [-0.05, 0) is 31.0 Å². The Morgan fingerprint density at radius 1 is 1.38 bits per heavy atom. The number of rotatable bonds is 6. The van der Waals surface area contributed by atoms with Gasteiger partial charge in [-0.25, -0.2) is 4.79 Å². The zero-order valence-electron chi connectivity index (χ0n) is 13.8. The highest BCUT2D eigenvalue weighted by molar-refractivity contribution is 8.01. The Morgan fingerprint density at radius 2 is 2.04 bits per heavy atom. The average Bonchev–Trinajstić information content (AvgIpc) is 2.94. The highest BCUT2D eigenvalue weighted by Gasteiger charge is 2.26. The molecule has 126 valence electrons. The summed E-state index contributed by atoms with van der Waals surface area (Å²) in [6.45, 7) is 6.28. The molecule has 6 heteroatoms. The van der Waals surface area contributed by atoms with Crippen molar-refractivity contribution in [3.05, 3.63) is 39.7 Å². The predicted octanol–water partition coefficient (Wildman–Crippen LogP) is 6.01. The van der Waals surface area contributed by atoms with Gasteiger partial charge < -0.3 is 4.74 Å². The van der Waals surface area contributed by atoms with E-state index in [-0.39, 0.29) is 5.97 Å². The van der Waals surface area contributed by atoms with Crippen LogP contribution in [0, 0.1) is 11.3 Å². The van der Waals surface area contributed by atoms with E-state index in [0.29, 0.717) is 32.9 Å². The number of hydrogen-bond acceptors (Lipinski definition) is 5. The molecule has 2 aromatic rings. The molecule has 1 aromatic heterocycles. The van der Waals surface area contributed by atoms with Crippen LogP contribution in [0.2, 0.25) is 5.02 Å². The molecule has 0 aliphatic carbocycles. The lowest BCUT2D eigenvalue weighted by atomic mass is 10.0. The SMILES string of the molecule is CCOC(=O)c1sc(S[C@@H](C)CC)c(C#N)c1-c1ccc(Cl)cc1. The first-order chi connectivity index (χ1) is 11.5. The Morgan fingerprint density at radius 3 is 2.58 bits per heavy atom. The summed E-state index contributed by atoms with van der Waals surface area (Å²) in [7, 11) is 0. The normalized spacial score (nSPS) is 11.8. The van der Waals surface area contributed by atoms with Crippen molar-refractivity contribution in [3.63, 3.8) is 0 Å². The molecule has 3 nitrogen and oxygen atoms in total. The molecule has 0 unspecified atom stereocenters. The molecule has 0 saturated carbocycles. The molecule has 0 amide bonds. The largest absolute Gasteiger partial charge is 0.462 e. The lowest BCUT2D eigenvalue weighted by Gasteiger charge is -2.06. The van der Waals surface area contributed by atoms with Gasteiger partial charge in [-0.1, -0.05) is 37.6 Å². The van der Waals surface area contributed by atoms with E-state index in [9.17, 15) is 10.1 Å². The van der Waals surface area contributed by atoms with Crippen LogP contribution in [0.15, 0.2) is 28.5 Å². The summed E-state index contributed by atoms with van der Waals surface area (Å²) >= 11 is 8.92. The molecule has 1 heterocycles. The molecule has 24 heavy (non-hydrogen) atoms. The van der Waals surface area contributed by atoms with Crippen LogP contribution in [-0.4, -0.2) is 17.8 Å². The van der Waals surface area contributed by atoms with Crippen molar-refractivity contribution in [1.29, 1.82) is 5.26 Å². The summed E-state index contributed by atoms with van der Waals surface area (Å²) in [5.41, 5.74) is 1.98. The minimum atomic E-state index is -0.389. The minimum Gasteiger partial charge on any atom is -0.462 e. The number of benzene rings is 1. The molecule has 0 aliphatic rings. The van der Waals surface area contributed by atoms with Gasteiger partial charge in [0.2, 0.25) is 0 Å². The Bertz CT molecular complexity index is 763. The molecule has 1 aromatic carbocycles. The average molecular weight is 380 g/mol. The van der Waals surface area contributed by atoms with Crippen LogP contribution >= 0.6 is 34.7 Å². The van der Waals surface area contributed by atoms with E-state index >= 15 is 0 Å². The Hall–Kier alpha value is -1.48. The third-order valence-corrected chi connectivity index (χ3v) is 6.37. The van der Waals surface area contributed by atoms with Crippen molar-refractivity contribution in [2.45, 2.75) is 36.7 Å². The number of thiophene rings is 1. The molecule has 0 radical (unpaired) electrons. The van der Waals surface area contributed by atoms with Crippen molar-refractivity contribution in [3.8, 4) is 17.2 Å². The van der Waals surface area contributed by atoms with Gasteiger partial charge in [0.1, 0.15) is 10.9 Å². The quantitative estimate of drug-likeness (QED) is 0.455. The molecule has 0 fully saturated rings. The van der Waals surface area contributed by atoms with E-state index in [2.05, 4.69) is 19.9 Å². The third kappa shape index (κ3) is 4.13. The maximum absolute atomic E-state index is 12.4. The lowest BCUT2D eigenvalue weighted by molar-refractivity contribution is 0.0533. The van der Waals surface area contributed by atoms with Gasteiger partial charge in [0, 0.05) is 15.8 Å². The first kappa shape index (κ1) is 18.9. The number of esters is 1. The van der Waals surface area contributed by atoms with E-state index < -0.39 is 0 Å². The molecular weight excluding hydrogens is 362 g/mol. The highest BCUT2D eigenvalue weighted by atomic mass is 35.5. The third-order valence-electron chi connectivity index (χ3n) is 3.46. The van der Waals surface area contributed by atoms with E-state index in [1.165, 1.54) is 11.3 Å². The van der Waals surface area contributed by atoms with Crippen molar-refractivity contribution >= 4 is 40.7 Å². The van der Waals surface area contributed by atoms with Gasteiger partial charge in [0.15, 0.2) is 0 Å². The van der Waals surface area contributed by atoms with Crippen molar-refractivity contribution in [1.82, 2.24) is 0 Å². The second-order valence-corrected chi connectivity index (χ2v) is 8.31. The van der Waals surface area contributed by atoms with Crippen molar-refractivity contribution in [2.24, 2.45) is 0 Å². The predicted molar refractivity (Wildman–Crippen MR) is 101 cm³/mol. The zero-order valence-corrected chi connectivity index (χ0v) is 16.1. The number of ether oxygens (including phenoxy) is 1. The minimum absolute atomic E-state index is 0.298. The summed E-state index contributed by atoms with van der Waals surface area (Å²) in [5.74, 6) is -0.389. The van der Waals surface area contributed by atoms with Crippen LogP contribution in [0.1, 0.15) is 42.4 Å². The zero-order chi connectivity index (χ0) is 17.7. The summed E-state index contributed by atoms with van der Waals surface area (Å²) < 4.78 is 6.05. The number of hydrogen-bond donors (Lipinski definition) is 0. The number of nitriles is 1. The summed E-state index contributed by atoms with van der Waals surface area (Å²) in [4.78, 5) is 12.9. The van der Waals surface area contributed by atoms with Crippen LogP contribution in [0.25, 0.3) is 11.1 Å². The smallest absolute Gasteiger partial charge is 0.349 e.